The van der Waals surface area contributed by atoms with Gasteiger partial charge in [-0.15, -0.1) is 0 Å². The Bertz CT molecular complexity index is 4580. The second-order valence-electron chi connectivity index (χ2n) is 26.7. The van der Waals surface area contributed by atoms with Gasteiger partial charge in [-0.1, -0.05) is 36.4 Å². The topological polar surface area (TPSA) is 385 Å². The first-order valence-corrected chi connectivity index (χ1v) is 33.0. The molecule has 24 heteroatoms. The molecule has 0 aliphatic heterocycles. The molecule has 4 saturated carbocycles. The van der Waals surface area contributed by atoms with Crippen LogP contribution in [0.2, 0.25) is 0 Å². The highest BCUT2D eigenvalue weighted by molar-refractivity contribution is 6.02. The van der Waals surface area contributed by atoms with E-state index in [1.807, 2.05) is 12.1 Å². The first-order valence-electron chi connectivity index (χ1n) is 33.0. The average Bonchev–Trinajstić information content (AvgIpc) is 0.699. The van der Waals surface area contributed by atoms with Crippen molar-refractivity contribution < 1.29 is 118 Å². The lowest BCUT2D eigenvalue weighted by Crippen LogP contribution is -2.56. The lowest BCUT2D eigenvalue weighted by molar-refractivity contribution is -0.0315. The third-order valence-electron chi connectivity index (χ3n) is 19.1. The summed E-state index contributed by atoms with van der Waals surface area (Å²) in [7, 11) is 0. The zero-order chi connectivity index (χ0) is 71.7. The van der Waals surface area contributed by atoms with Crippen LogP contribution in [0.5, 0.6) is 69.0 Å². The van der Waals surface area contributed by atoms with E-state index in [-0.39, 0.29) is 103 Å². The molecule has 10 aromatic carbocycles. The van der Waals surface area contributed by atoms with E-state index in [1.54, 1.807) is 48.5 Å². The Morgan fingerprint density at radius 2 is 0.598 bits per heavy atom. The fourth-order valence-corrected chi connectivity index (χ4v) is 14.9. The normalized spacial score (nSPS) is 18.7. The van der Waals surface area contributed by atoms with Crippen LogP contribution in [0.15, 0.2) is 158 Å². The molecule has 4 aliphatic rings. The van der Waals surface area contributed by atoms with Gasteiger partial charge in [0.05, 0.1) is 0 Å². The summed E-state index contributed by atoms with van der Waals surface area (Å²) in [5, 5.41) is 132. The molecule has 10 aromatic rings. The summed E-state index contributed by atoms with van der Waals surface area (Å²) in [6.07, 6.45) is -1.40. The SMILES string of the molecule is O=C(OCC(O)COc1ccc(C23CC4CC(C2)CC(c2ccc(OCC(O)COC(=O)c5cc6cc(O)ccc6cc5O)cc2OCC(O)COC(=O)c2cc5cc(O)ccc5cc2O)(C4)C3)c(OCC(O)COC(=O)c2cc3cc(O)ccc3cc2O)c1)c1cc2cc(O)ccc2cc1O. The third kappa shape index (κ3) is 15.0. The molecule has 0 aromatic heterocycles. The summed E-state index contributed by atoms with van der Waals surface area (Å²) in [6, 6.07) is 38.9. The number of esters is 4. The Labute approximate surface area is 581 Å². The predicted molar refractivity (Wildman–Crippen MR) is 367 cm³/mol. The van der Waals surface area contributed by atoms with E-state index < -0.39 is 112 Å². The minimum atomic E-state index is -1.43. The fraction of sp³-hybridized carbons (Fsp3) is 0.282. The molecule has 4 fully saturated rings. The lowest BCUT2D eigenvalue weighted by atomic mass is 9.41. The highest BCUT2D eigenvalue weighted by atomic mass is 16.6. The Morgan fingerprint density at radius 1 is 0.324 bits per heavy atom. The van der Waals surface area contributed by atoms with E-state index in [0.29, 0.717) is 75.2 Å². The third-order valence-corrected chi connectivity index (χ3v) is 19.1. The van der Waals surface area contributed by atoms with Gasteiger partial charge in [0.25, 0.3) is 0 Å². The van der Waals surface area contributed by atoms with Crippen molar-refractivity contribution in [1.29, 1.82) is 0 Å². The van der Waals surface area contributed by atoms with Crippen molar-refractivity contribution in [3.63, 3.8) is 0 Å². The predicted octanol–water partition coefficient (Wildman–Crippen LogP) is 10.1. The summed E-state index contributed by atoms with van der Waals surface area (Å²) < 4.78 is 47.1. The zero-order valence-corrected chi connectivity index (χ0v) is 54.6. The van der Waals surface area contributed by atoms with Crippen molar-refractivity contribution in [2.75, 3.05) is 52.9 Å². The summed E-state index contributed by atoms with van der Waals surface area (Å²) in [4.78, 5) is 53.3. The van der Waals surface area contributed by atoms with Gasteiger partial charge in [0, 0.05) is 34.1 Å². The minimum absolute atomic E-state index is 0.0526. The number of aliphatic hydroxyl groups excluding tert-OH is 4. The van der Waals surface area contributed by atoms with Crippen LogP contribution in [0, 0.1) is 11.8 Å². The van der Waals surface area contributed by atoms with E-state index in [0.717, 1.165) is 17.5 Å². The zero-order valence-electron chi connectivity index (χ0n) is 54.6. The van der Waals surface area contributed by atoms with Crippen molar-refractivity contribution in [3.05, 3.63) is 191 Å². The van der Waals surface area contributed by atoms with Gasteiger partial charge in [-0.2, -0.15) is 0 Å². The van der Waals surface area contributed by atoms with Crippen LogP contribution in [0.25, 0.3) is 43.1 Å². The molecule has 528 valence electrons. The van der Waals surface area contributed by atoms with Gasteiger partial charge >= 0.3 is 23.9 Å². The summed E-state index contributed by atoms with van der Waals surface area (Å²) in [5.74, 6) is -4.23. The number of phenols is 8. The number of ether oxygens (including phenoxy) is 8. The van der Waals surface area contributed by atoms with Crippen molar-refractivity contribution in [2.24, 2.45) is 11.8 Å². The quantitative estimate of drug-likeness (QED) is 0.0177. The number of fused-ring (bicyclic) bond motifs is 4. The number of aliphatic hydroxyl groups is 4. The smallest absolute Gasteiger partial charge is 0.342 e. The van der Waals surface area contributed by atoms with E-state index in [9.17, 15) is 80.5 Å². The Hall–Kier alpha value is -11.4. The van der Waals surface area contributed by atoms with Crippen molar-refractivity contribution in [1.82, 2.24) is 0 Å². The molecule has 0 radical (unpaired) electrons. The number of phenolic OH excluding ortho intramolecular Hbond substituents is 8. The van der Waals surface area contributed by atoms with E-state index >= 15 is 0 Å². The Kier molecular flexibility index (Phi) is 19.4. The Morgan fingerprint density at radius 3 is 0.882 bits per heavy atom. The number of aromatic hydroxyl groups is 8. The molecule has 24 nitrogen and oxygen atoms in total. The van der Waals surface area contributed by atoms with Crippen LogP contribution in [0.4, 0.5) is 0 Å². The van der Waals surface area contributed by atoms with E-state index in [4.69, 9.17) is 37.9 Å². The highest BCUT2D eigenvalue weighted by Gasteiger charge is 2.60. The van der Waals surface area contributed by atoms with Crippen molar-refractivity contribution in [2.45, 2.75) is 73.8 Å². The number of carbonyl (C=O) groups is 4. The molecule has 0 spiro atoms. The standard InChI is InChI=1S/C78H72O24/c79-51-5-1-43-22-67(87)61(18-47(43)14-51)73(91)99-36-55(83)32-95-59-9-11-65(71(26-59)97-34-57(85)38-101-75(93)63-20-49-16-53(81)7-3-45(49)24-69(63)89)77-28-41-13-42(29-77)31-78(30-41,40-77)66-12-10-60(96-33-56(84)37-100-74(92)62-19-48-15-52(80)6-2-44(48)23-68(62)88)27-72(66)98-35-58(86)39-102-76(94)64-21-50-17-54(82)8-4-46(50)25-70(64)90/h1-12,14-27,41-42,55-58,79-90H,13,28-40H2. The summed E-state index contributed by atoms with van der Waals surface area (Å²) in [6.45, 7) is -3.84. The van der Waals surface area contributed by atoms with Gasteiger partial charge in [0.2, 0.25) is 0 Å². The molecular formula is C78H72O24. The number of hydrogen-bond donors (Lipinski definition) is 12. The molecule has 4 unspecified atom stereocenters. The number of benzene rings is 10. The number of carbonyl (C=O) groups excluding carboxylic acids is 4. The second kappa shape index (κ2) is 28.7. The maximum absolute atomic E-state index is 13.4. The molecule has 0 amide bonds. The van der Waals surface area contributed by atoms with Crippen LogP contribution < -0.4 is 18.9 Å². The molecule has 102 heavy (non-hydrogen) atoms. The van der Waals surface area contributed by atoms with Gasteiger partial charge in [0.1, 0.15) is 169 Å². The van der Waals surface area contributed by atoms with Gasteiger partial charge in [-0.3, -0.25) is 0 Å². The molecule has 4 atom stereocenters. The first-order chi connectivity index (χ1) is 48.9. The highest BCUT2D eigenvalue weighted by Crippen LogP contribution is 2.68. The fourth-order valence-electron chi connectivity index (χ4n) is 14.9. The van der Waals surface area contributed by atoms with Crippen LogP contribution in [-0.4, -0.2) is 162 Å². The average molecular weight is 1390 g/mol. The van der Waals surface area contributed by atoms with Gasteiger partial charge < -0.3 is 99.2 Å². The molecule has 4 bridgehead atoms. The molecule has 4 aliphatic carbocycles. The van der Waals surface area contributed by atoms with Crippen LogP contribution in [0.1, 0.15) is 91.1 Å². The van der Waals surface area contributed by atoms with Gasteiger partial charge in [0.15, 0.2) is 0 Å². The van der Waals surface area contributed by atoms with Crippen molar-refractivity contribution in [3.8, 4) is 69.0 Å². The van der Waals surface area contributed by atoms with Gasteiger partial charge in [-0.25, -0.2) is 19.2 Å². The molecular weight excluding hydrogens is 1320 g/mol. The minimum Gasteiger partial charge on any atom is -0.508 e. The van der Waals surface area contributed by atoms with E-state index in [2.05, 4.69) is 0 Å². The molecule has 0 heterocycles. The second-order valence-corrected chi connectivity index (χ2v) is 26.7. The molecule has 0 saturated heterocycles. The largest absolute Gasteiger partial charge is 0.508 e. The van der Waals surface area contributed by atoms with Crippen LogP contribution in [0.3, 0.4) is 0 Å². The van der Waals surface area contributed by atoms with Crippen LogP contribution >= 0.6 is 0 Å². The monoisotopic (exact) mass is 1390 g/mol. The summed E-state index contributed by atoms with van der Waals surface area (Å²) in [5.41, 5.74) is -0.551. The lowest BCUT2D eigenvalue weighted by Gasteiger charge is -2.63. The number of rotatable bonds is 26. The molecule has 12 N–H and O–H groups in total. The van der Waals surface area contributed by atoms with E-state index in [1.165, 1.54) is 97.1 Å². The van der Waals surface area contributed by atoms with Gasteiger partial charge in [-0.05, 0) is 203 Å². The number of hydrogen-bond acceptors (Lipinski definition) is 24. The van der Waals surface area contributed by atoms with Crippen molar-refractivity contribution >= 4 is 67.0 Å². The Balaban J connectivity index is 0.751. The first kappa shape index (κ1) is 69.1. The summed E-state index contributed by atoms with van der Waals surface area (Å²) >= 11 is 0. The maximum atomic E-state index is 13.4. The maximum Gasteiger partial charge on any atom is 0.342 e. The molecule has 14 rings (SSSR count). The van der Waals surface area contributed by atoms with Crippen LogP contribution in [-0.2, 0) is 29.8 Å².